The van der Waals surface area contributed by atoms with Crippen molar-refractivity contribution in [3.05, 3.63) is 45.7 Å². The lowest BCUT2D eigenvalue weighted by atomic mass is 10.2. The quantitative estimate of drug-likeness (QED) is 0.893. The highest BCUT2D eigenvalue weighted by molar-refractivity contribution is 7.11. The third-order valence-electron chi connectivity index (χ3n) is 2.63. The van der Waals surface area contributed by atoms with Gasteiger partial charge in [0.25, 0.3) is 0 Å². The Labute approximate surface area is 109 Å². The fourth-order valence-corrected chi connectivity index (χ4v) is 2.39. The Bertz CT molecular complexity index is 542. The summed E-state index contributed by atoms with van der Waals surface area (Å²) in [5.74, 6) is -0.908. The fraction of sp³-hybridized carbons (Fsp3) is 0.308. The summed E-state index contributed by atoms with van der Waals surface area (Å²) in [6, 6.07) is 4.53. The second-order valence-corrected chi connectivity index (χ2v) is 5.46. The van der Waals surface area contributed by atoms with Crippen LogP contribution in [0.25, 0.3) is 0 Å². The van der Waals surface area contributed by atoms with Crippen molar-refractivity contribution in [2.75, 3.05) is 0 Å². The van der Waals surface area contributed by atoms with Gasteiger partial charge < -0.3 is 10.4 Å². The second kappa shape index (κ2) is 5.46. The Kier molecular flexibility index (Phi) is 3.93. The number of phenolic OH excluding ortho intramolecular Hbond substituents is 1. The van der Waals surface area contributed by atoms with Crippen LogP contribution in [-0.2, 0) is 6.54 Å². The number of hydrogen-bond donors (Lipinski definition) is 2. The molecule has 96 valence electrons. The van der Waals surface area contributed by atoms with Crippen molar-refractivity contribution >= 4 is 11.3 Å². The summed E-state index contributed by atoms with van der Waals surface area (Å²) in [6.45, 7) is 4.58. The first-order chi connectivity index (χ1) is 8.56. The van der Waals surface area contributed by atoms with E-state index in [9.17, 15) is 4.39 Å². The summed E-state index contributed by atoms with van der Waals surface area (Å²) < 4.78 is 13.1. The molecule has 0 saturated heterocycles. The molecule has 0 aliphatic carbocycles. The van der Waals surface area contributed by atoms with E-state index >= 15 is 0 Å². The monoisotopic (exact) mass is 266 g/mol. The summed E-state index contributed by atoms with van der Waals surface area (Å²) in [5, 5.41) is 13.4. The Morgan fingerprint density at radius 1 is 1.50 bits per heavy atom. The molecule has 1 atom stereocenters. The normalized spacial score (nSPS) is 12.6. The van der Waals surface area contributed by atoms with Crippen LogP contribution in [0.1, 0.15) is 28.4 Å². The minimum absolute atomic E-state index is 0.126. The van der Waals surface area contributed by atoms with Gasteiger partial charge in [-0.15, -0.1) is 11.3 Å². The van der Waals surface area contributed by atoms with Gasteiger partial charge in [-0.3, -0.25) is 0 Å². The van der Waals surface area contributed by atoms with Gasteiger partial charge in [-0.05, 0) is 31.5 Å². The molecular weight excluding hydrogens is 251 g/mol. The summed E-state index contributed by atoms with van der Waals surface area (Å²) in [6.07, 6.45) is 1.85. The summed E-state index contributed by atoms with van der Waals surface area (Å²) in [5.41, 5.74) is 0.797. The van der Waals surface area contributed by atoms with Crippen LogP contribution in [0.5, 0.6) is 5.75 Å². The third-order valence-corrected chi connectivity index (χ3v) is 3.73. The van der Waals surface area contributed by atoms with Gasteiger partial charge in [0, 0.05) is 17.6 Å². The van der Waals surface area contributed by atoms with Gasteiger partial charge in [-0.25, -0.2) is 9.37 Å². The predicted octanol–water partition coefficient (Wildman–Crippen LogP) is 3.15. The van der Waals surface area contributed by atoms with Crippen LogP contribution in [-0.4, -0.2) is 10.1 Å². The third kappa shape index (κ3) is 3.05. The number of aryl methyl sites for hydroxylation is 1. The van der Waals surface area contributed by atoms with E-state index in [1.165, 1.54) is 17.0 Å². The van der Waals surface area contributed by atoms with E-state index in [0.29, 0.717) is 6.54 Å². The molecule has 1 aromatic heterocycles. The Balaban J connectivity index is 1.97. The Hall–Kier alpha value is -1.46. The zero-order valence-corrected chi connectivity index (χ0v) is 11.1. The molecule has 0 fully saturated rings. The topological polar surface area (TPSA) is 45.2 Å². The van der Waals surface area contributed by atoms with Gasteiger partial charge in [0.2, 0.25) is 0 Å². The molecule has 0 amide bonds. The van der Waals surface area contributed by atoms with Crippen molar-refractivity contribution in [3.63, 3.8) is 0 Å². The number of hydrogen-bond acceptors (Lipinski definition) is 4. The second-order valence-electron chi connectivity index (χ2n) is 4.20. The standard InChI is InChI=1S/C13H15FN2OS/c1-8-6-16-13(18-8)9(2)15-7-10-3-4-12(17)11(14)5-10/h3-6,9,15,17H,7H2,1-2H3. The number of benzene rings is 1. The number of rotatable bonds is 4. The maximum absolute atomic E-state index is 13.1. The van der Waals surface area contributed by atoms with Gasteiger partial charge >= 0.3 is 0 Å². The van der Waals surface area contributed by atoms with Gasteiger partial charge in [0.15, 0.2) is 11.6 Å². The van der Waals surface area contributed by atoms with Crippen LogP contribution in [0.2, 0.25) is 0 Å². The zero-order valence-electron chi connectivity index (χ0n) is 10.3. The molecule has 2 aromatic rings. The number of phenols is 1. The van der Waals surface area contributed by atoms with Crippen LogP contribution in [0.15, 0.2) is 24.4 Å². The van der Waals surface area contributed by atoms with Gasteiger partial charge in [-0.1, -0.05) is 6.07 Å². The van der Waals surface area contributed by atoms with Gasteiger partial charge in [0.1, 0.15) is 5.01 Å². The van der Waals surface area contributed by atoms with Crippen molar-refractivity contribution in [2.45, 2.75) is 26.4 Å². The molecule has 1 aromatic carbocycles. The number of thiazole rings is 1. The molecule has 2 N–H and O–H groups in total. The van der Waals surface area contributed by atoms with Crippen molar-refractivity contribution in [1.29, 1.82) is 0 Å². The van der Waals surface area contributed by atoms with E-state index in [1.54, 1.807) is 17.4 Å². The summed E-state index contributed by atoms with van der Waals surface area (Å²) >= 11 is 1.65. The van der Waals surface area contributed by atoms with Crippen molar-refractivity contribution in [3.8, 4) is 5.75 Å². The van der Waals surface area contributed by atoms with Crippen LogP contribution in [0.4, 0.5) is 4.39 Å². The molecular formula is C13H15FN2OS. The minimum atomic E-state index is -0.591. The minimum Gasteiger partial charge on any atom is -0.505 e. The zero-order chi connectivity index (χ0) is 13.1. The molecule has 0 spiro atoms. The number of halogens is 1. The predicted molar refractivity (Wildman–Crippen MR) is 70.2 cm³/mol. The first-order valence-electron chi connectivity index (χ1n) is 5.69. The molecule has 0 radical (unpaired) electrons. The SMILES string of the molecule is Cc1cnc(C(C)NCc2ccc(O)c(F)c2)s1. The van der Waals surface area contributed by atoms with E-state index in [-0.39, 0.29) is 11.8 Å². The molecule has 5 heteroatoms. The van der Waals surface area contributed by atoms with Crippen LogP contribution in [0, 0.1) is 12.7 Å². The molecule has 18 heavy (non-hydrogen) atoms. The average Bonchev–Trinajstić information content (AvgIpc) is 2.77. The molecule has 0 bridgehead atoms. The lowest BCUT2D eigenvalue weighted by molar-refractivity contribution is 0.431. The van der Waals surface area contributed by atoms with E-state index in [4.69, 9.17) is 5.11 Å². The molecule has 2 rings (SSSR count). The Morgan fingerprint density at radius 3 is 2.89 bits per heavy atom. The van der Waals surface area contributed by atoms with Gasteiger partial charge in [0.05, 0.1) is 6.04 Å². The van der Waals surface area contributed by atoms with Crippen LogP contribution < -0.4 is 5.32 Å². The first kappa shape index (κ1) is 13.0. The average molecular weight is 266 g/mol. The van der Waals surface area contributed by atoms with E-state index in [0.717, 1.165) is 10.6 Å². The number of nitrogens with zero attached hydrogens (tertiary/aromatic N) is 1. The van der Waals surface area contributed by atoms with Crippen molar-refractivity contribution in [1.82, 2.24) is 10.3 Å². The lowest BCUT2D eigenvalue weighted by Crippen LogP contribution is -2.17. The van der Waals surface area contributed by atoms with E-state index in [2.05, 4.69) is 10.3 Å². The van der Waals surface area contributed by atoms with Gasteiger partial charge in [-0.2, -0.15) is 0 Å². The summed E-state index contributed by atoms with van der Waals surface area (Å²) in [7, 11) is 0. The Morgan fingerprint density at radius 2 is 2.28 bits per heavy atom. The maximum atomic E-state index is 13.1. The molecule has 1 unspecified atom stereocenters. The van der Waals surface area contributed by atoms with Crippen molar-refractivity contribution < 1.29 is 9.50 Å². The number of aromatic hydroxyl groups is 1. The first-order valence-corrected chi connectivity index (χ1v) is 6.51. The molecule has 3 nitrogen and oxygen atoms in total. The fourth-order valence-electron chi connectivity index (χ4n) is 1.59. The molecule has 0 aliphatic rings. The number of aromatic nitrogens is 1. The lowest BCUT2D eigenvalue weighted by Gasteiger charge is -2.11. The molecule has 0 saturated carbocycles. The van der Waals surface area contributed by atoms with Crippen molar-refractivity contribution in [2.24, 2.45) is 0 Å². The highest BCUT2D eigenvalue weighted by Gasteiger charge is 2.09. The van der Waals surface area contributed by atoms with Crippen LogP contribution >= 0.6 is 11.3 Å². The number of nitrogens with one attached hydrogen (secondary N) is 1. The van der Waals surface area contributed by atoms with E-state index in [1.807, 2.05) is 20.0 Å². The van der Waals surface area contributed by atoms with Crippen LogP contribution in [0.3, 0.4) is 0 Å². The molecule has 0 aliphatic heterocycles. The largest absolute Gasteiger partial charge is 0.505 e. The smallest absolute Gasteiger partial charge is 0.165 e. The highest BCUT2D eigenvalue weighted by atomic mass is 32.1. The maximum Gasteiger partial charge on any atom is 0.165 e. The molecule has 1 heterocycles. The summed E-state index contributed by atoms with van der Waals surface area (Å²) in [4.78, 5) is 5.48. The highest BCUT2D eigenvalue weighted by Crippen LogP contribution is 2.20. The van der Waals surface area contributed by atoms with E-state index < -0.39 is 5.82 Å².